The summed E-state index contributed by atoms with van der Waals surface area (Å²) in [5, 5.41) is 3.81. The molecule has 0 bridgehead atoms. The molecular formula is C12H19N3OS. The van der Waals surface area contributed by atoms with Gasteiger partial charge in [-0.25, -0.2) is 9.97 Å². The fraction of sp³-hybridized carbons (Fsp3) is 0.667. The van der Waals surface area contributed by atoms with Crippen molar-refractivity contribution in [1.82, 2.24) is 15.3 Å². The highest BCUT2D eigenvalue weighted by Gasteiger charge is 2.20. The van der Waals surface area contributed by atoms with Crippen LogP contribution < -0.4 is 5.32 Å². The van der Waals surface area contributed by atoms with E-state index in [0.29, 0.717) is 5.25 Å². The predicted octanol–water partition coefficient (Wildman–Crippen LogP) is 1.78. The van der Waals surface area contributed by atoms with E-state index in [-0.39, 0.29) is 0 Å². The maximum Gasteiger partial charge on any atom is 0.141 e. The molecule has 0 amide bonds. The van der Waals surface area contributed by atoms with Crippen LogP contribution in [0, 0.1) is 0 Å². The van der Waals surface area contributed by atoms with Gasteiger partial charge in [0.2, 0.25) is 0 Å². The normalized spacial score (nSPS) is 19.7. The molecule has 0 saturated carbocycles. The largest absolute Gasteiger partial charge is 0.383 e. The molecule has 1 N–H and O–H groups in total. The van der Waals surface area contributed by atoms with Gasteiger partial charge in [-0.1, -0.05) is 0 Å². The van der Waals surface area contributed by atoms with Crippen LogP contribution in [0.1, 0.15) is 29.6 Å². The summed E-state index contributed by atoms with van der Waals surface area (Å²) in [4.78, 5) is 9.00. The van der Waals surface area contributed by atoms with E-state index in [1.165, 1.54) is 18.6 Å². The molecule has 2 rings (SSSR count). The van der Waals surface area contributed by atoms with Crippen LogP contribution in [0.25, 0.3) is 0 Å². The first-order valence-electron chi connectivity index (χ1n) is 6.03. The number of thioether (sulfide) groups is 1. The van der Waals surface area contributed by atoms with Crippen LogP contribution in [0.5, 0.6) is 0 Å². The van der Waals surface area contributed by atoms with Crippen LogP contribution >= 0.6 is 11.8 Å². The molecule has 1 aromatic rings. The Morgan fingerprint density at radius 1 is 1.59 bits per heavy atom. The number of rotatable bonds is 6. The van der Waals surface area contributed by atoms with E-state index >= 15 is 0 Å². The number of nitrogens with zero attached hydrogens (tertiary/aromatic N) is 2. The number of aromatic nitrogens is 2. The Morgan fingerprint density at radius 3 is 3.29 bits per heavy atom. The van der Waals surface area contributed by atoms with E-state index in [0.717, 1.165) is 31.2 Å². The summed E-state index contributed by atoms with van der Waals surface area (Å²) in [6.45, 7) is 2.38. The Labute approximate surface area is 107 Å². The topological polar surface area (TPSA) is 47.0 Å². The summed E-state index contributed by atoms with van der Waals surface area (Å²) >= 11 is 1.97. The van der Waals surface area contributed by atoms with Crippen LogP contribution in [0.3, 0.4) is 0 Å². The maximum absolute atomic E-state index is 4.99. The van der Waals surface area contributed by atoms with Crippen molar-refractivity contribution in [3.8, 4) is 0 Å². The third kappa shape index (κ3) is 3.94. The van der Waals surface area contributed by atoms with Crippen molar-refractivity contribution in [2.24, 2.45) is 0 Å². The lowest BCUT2D eigenvalue weighted by Crippen LogP contribution is -2.19. The number of ether oxygens (including phenoxy) is 1. The first-order chi connectivity index (χ1) is 8.40. The highest BCUT2D eigenvalue weighted by molar-refractivity contribution is 7.99. The Morgan fingerprint density at radius 2 is 2.53 bits per heavy atom. The van der Waals surface area contributed by atoms with Crippen molar-refractivity contribution in [2.45, 2.75) is 24.6 Å². The van der Waals surface area contributed by atoms with E-state index < -0.39 is 0 Å². The summed E-state index contributed by atoms with van der Waals surface area (Å²) in [5.74, 6) is 2.24. The second-order valence-electron chi connectivity index (χ2n) is 4.08. The molecule has 5 heteroatoms. The third-order valence-corrected chi connectivity index (χ3v) is 4.11. The Hall–Kier alpha value is -0.650. The molecule has 0 aliphatic carbocycles. The summed E-state index contributed by atoms with van der Waals surface area (Å²) in [7, 11) is 1.71. The lowest BCUT2D eigenvalue weighted by Gasteiger charge is -2.09. The zero-order chi connectivity index (χ0) is 11.9. The van der Waals surface area contributed by atoms with Gasteiger partial charge in [0.25, 0.3) is 0 Å². The molecule has 4 nitrogen and oxygen atoms in total. The minimum Gasteiger partial charge on any atom is -0.383 e. The minimum atomic E-state index is 0.508. The molecule has 2 heterocycles. The number of nitrogens with one attached hydrogen (secondary N) is 1. The molecule has 1 aliphatic rings. The quantitative estimate of drug-likeness (QED) is 0.783. The van der Waals surface area contributed by atoms with Crippen molar-refractivity contribution in [2.75, 3.05) is 26.0 Å². The first-order valence-corrected chi connectivity index (χ1v) is 7.08. The highest BCUT2D eigenvalue weighted by atomic mass is 32.2. The van der Waals surface area contributed by atoms with E-state index in [1.54, 1.807) is 7.11 Å². The number of methoxy groups -OCH3 is 1. The van der Waals surface area contributed by atoms with E-state index in [9.17, 15) is 0 Å². The molecule has 1 fully saturated rings. The Bertz CT molecular complexity index is 342. The fourth-order valence-corrected chi connectivity index (χ4v) is 3.05. The second-order valence-corrected chi connectivity index (χ2v) is 5.39. The fourth-order valence-electron chi connectivity index (χ4n) is 1.84. The van der Waals surface area contributed by atoms with Gasteiger partial charge in [0.1, 0.15) is 5.82 Å². The molecule has 1 unspecified atom stereocenters. The van der Waals surface area contributed by atoms with Gasteiger partial charge in [-0.3, -0.25) is 0 Å². The van der Waals surface area contributed by atoms with Gasteiger partial charge in [0.15, 0.2) is 0 Å². The van der Waals surface area contributed by atoms with Crippen molar-refractivity contribution in [3.63, 3.8) is 0 Å². The van der Waals surface area contributed by atoms with Crippen molar-refractivity contribution in [3.05, 3.63) is 23.8 Å². The van der Waals surface area contributed by atoms with Crippen LogP contribution in [0.15, 0.2) is 12.3 Å². The van der Waals surface area contributed by atoms with Crippen LogP contribution in [-0.2, 0) is 11.3 Å². The molecule has 1 aliphatic heterocycles. The Kier molecular flexibility index (Phi) is 5.22. The van der Waals surface area contributed by atoms with Crippen LogP contribution in [-0.4, -0.2) is 36.0 Å². The van der Waals surface area contributed by atoms with Gasteiger partial charge >= 0.3 is 0 Å². The van der Waals surface area contributed by atoms with Crippen molar-refractivity contribution < 1.29 is 4.74 Å². The monoisotopic (exact) mass is 253 g/mol. The molecule has 1 saturated heterocycles. The van der Waals surface area contributed by atoms with E-state index in [2.05, 4.69) is 15.3 Å². The van der Waals surface area contributed by atoms with Crippen LogP contribution in [0.2, 0.25) is 0 Å². The summed E-state index contributed by atoms with van der Waals surface area (Å²) in [6.07, 6.45) is 4.37. The van der Waals surface area contributed by atoms with Crippen molar-refractivity contribution >= 4 is 11.8 Å². The zero-order valence-corrected chi connectivity index (χ0v) is 11.0. The molecule has 17 heavy (non-hydrogen) atoms. The molecule has 1 aromatic heterocycles. The smallest absolute Gasteiger partial charge is 0.141 e. The first kappa shape index (κ1) is 12.8. The predicted molar refractivity (Wildman–Crippen MR) is 70.0 cm³/mol. The molecule has 0 aromatic carbocycles. The molecule has 1 atom stereocenters. The van der Waals surface area contributed by atoms with E-state index in [1.807, 2.05) is 24.0 Å². The van der Waals surface area contributed by atoms with E-state index in [4.69, 9.17) is 4.74 Å². The third-order valence-electron chi connectivity index (χ3n) is 2.74. The minimum absolute atomic E-state index is 0.508. The van der Waals surface area contributed by atoms with Gasteiger partial charge < -0.3 is 10.1 Å². The second kappa shape index (κ2) is 6.93. The van der Waals surface area contributed by atoms with Gasteiger partial charge in [-0.2, -0.15) is 11.8 Å². The average Bonchev–Trinajstić information content (AvgIpc) is 2.89. The average molecular weight is 253 g/mol. The summed E-state index contributed by atoms with van der Waals surface area (Å²) in [6, 6.07) is 1.98. The molecular weight excluding hydrogens is 234 g/mol. The number of hydrogen-bond acceptors (Lipinski definition) is 5. The molecule has 94 valence electrons. The van der Waals surface area contributed by atoms with Gasteiger partial charge in [0.05, 0.1) is 17.6 Å². The Balaban J connectivity index is 1.87. The summed E-state index contributed by atoms with van der Waals surface area (Å²) in [5.41, 5.74) is 1.07. The zero-order valence-electron chi connectivity index (χ0n) is 10.2. The lowest BCUT2D eigenvalue weighted by molar-refractivity contribution is 0.199. The summed E-state index contributed by atoms with van der Waals surface area (Å²) < 4.78 is 4.99. The van der Waals surface area contributed by atoms with Gasteiger partial charge in [-0.15, -0.1) is 0 Å². The van der Waals surface area contributed by atoms with Gasteiger partial charge in [-0.05, 0) is 24.7 Å². The molecule has 0 radical (unpaired) electrons. The number of hydrogen-bond donors (Lipinski definition) is 1. The van der Waals surface area contributed by atoms with Crippen LogP contribution in [0.4, 0.5) is 0 Å². The SMILES string of the molecule is COCCNCc1ccnc(C2CCCS2)n1. The maximum atomic E-state index is 4.99. The standard InChI is InChI=1S/C12H19N3OS/c1-16-7-6-13-9-10-4-5-14-12(15-10)11-3-2-8-17-11/h4-5,11,13H,2-3,6-9H2,1H3. The van der Waals surface area contributed by atoms with Gasteiger partial charge in [0, 0.05) is 26.4 Å². The highest BCUT2D eigenvalue weighted by Crippen LogP contribution is 2.37. The van der Waals surface area contributed by atoms with Crippen molar-refractivity contribution in [1.29, 1.82) is 0 Å². The lowest BCUT2D eigenvalue weighted by atomic mass is 10.2. The molecule has 0 spiro atoms.